The molecule has 1 amide bonds. The first-order chi connectivity index (χ1) is 16.3. The van der Waals surface area contributed by atoms with Gasteiger partial charge in [-0.1, -0.05) is 24.6 Å². The van der Waals surface area contributed by atoms with Gasteiger partial charge in [-0.3, -0.25) is 4.79 Å². The van der Waals surface area contributed by atoms with Gasteiger partial charge >= 0.3 is 11.6 Å². The number of fused-ring (bicyclic) bond motifs is 1. The first kappa shape index (κ1) is 24.6. The molecule has 4 aromatic rings. The summed E-state index contributed by atoms with van der Waals surface area (Å²) >= 11 is -0.750. The summed E-state index contributed by atoms with van der Waals surface area (Å²) in [6, 6.07) is 13.1. The number of hydrogen-bond donors (Lipinski definition) is 1. The number of carbonyl (C=O) groups is 1. The van der Waals surface area contributed by atoms with Gasteiger partial charge in [0.15, 0.2) is 5.82 Å². The van der Waals surface area contributed by atoms with Gasteiger partial charge in [0.2, 0.25) is 0 Å². The summed E-state index contributed by atoms with van der Waals surface area (Å²) in [6.45, 7) is 4.03. The molecule has 9 nitrogen and oxygen atoms in total. The Balaban J connectivity index is 0.00000103. The number of aryl methyl sites for hydroxylation is 2. The fourth-order valence-electron chi connectivity index (χ4n) is 3.09. The minimum Gasteiger partial charge on any atom is -0.461 e. The van der Waals surface area contributed by atoms with E-state index in [1.807, 2.05) is 63.2 Å². The molecule has 0 aliphatic rings. The highest BCUT2D eigenvalue weighted by molar-refractivity contribution is 7.51. The number of amides is 1. The molecule has 0 aliphatic carbocycles. The standard InChI is InChI=1S/C24H24N4O3.O2S/c1-5-17-12-19-20(30-17)10-16(11-21(19)31-18-8-6-15(2)7-9-18)24(29)27-22-13-26-23(14-25-22)28(3)4;1-3-2/h6-14H,5H2,1-4H3,(H,25,27,29);. The Bertz CT molecular complexity index is 1310. The van der Waals surface area contributed by atoms with Crippen molar-refractivity contribution in [1.29, 1.82) is 0 Å². The van der Waals surface area contributed by atoms with Crippen molar-refractivity contribution < 1.29 is 22.4 Å². The monoisotopic (exact) mass is 480 g/mol. The molecule has 0 saturated carbocycles. The molecule has 2 aromatic carbocycles. The first-order valence-corrected chi connectivity index (χ1v) is 11.0. The van der Waals surface area contributed by atoms with E-state index in [-0.39, 0.29) is 5.91 Å². The van der Waals surface area contributed by atoms with Crippen LogP contribution in [0.25, 0.3) is 11.0 Å². The lowest BCUT2D eigenvalue weighted by Gasteiger charge is -2.12. The lowest BCUT2D eigenvalue weighted by molar-refractivity contribution is 0.102. The van der Waals surface area contributed by atoms with Crippen LogP contribution in [0.5, 0.6) is 11.5 Å². The fourth-order valence-corrected chi connectivity index (χ4v) is 3.09. The third-order valence-corrected chi connectivity index (χ3v) is 4.85. The summed E-state index contributed by atoms with van der Waals surface area (Å²) in [5.74, 6) is 2.82. The number of nitrogens with zero attached hydrogens (tertiary/aromatic N) is 3. The zero-order chi connectivity index (χ0) is 24.7. The highest BCUT2D eigenvalue weighted by Crippen LogP contribution is 2.34. The van der Waals surface area contributed by atoms with Crippen molar-refractivity contribution >= 4 is 40.1 Å². The SMILES string of the molecule is CCc1cc2c(Oc3ccc(C)cc3)cc(C(=O)Nc3cnc(N(C)C)cn3)cc2o1.O=S=O. The van der Waals surface area contributed by atoms with Crippen LogP contribution >= 0.6 is 0 Å². The lowest BCUT2D eigenvalue weighted by Crippen LogP contribution is -2.15. The Morgan fingerprint density at radius 1 is 1.09 bits per heavy atom. The second-order valence-electron chi connectivity index (χ2n) is 7.54. The number of anilines is 2. The smallest absolute Gasteiger partial charge is 0.335 e. The Kier molecular flexibility index (Phi) is 8.10. The summed E-state index contributed by atoms with van der Waals surface area (Å²) in [6.07, 6.45) is 3.87. The van der Waals surface area contributed by atoms with Gasteiger partial charge in [0.1, 0.15) is 28.7 Å². The quantitative estimate of drug-likeness (QED) is 0.428. The van der Waals surface area contributed by atoms with Gasteiger partial charge in [-0.05, 0) is 37.3 Å². The van der Waals surface area contributed by atoms with Crippen molar-refractivity contribution in [2.75, 3.05) is 24.3 Å². The van der Waals surface area contributed by atoms with Gasteiger partial charge in [-0.25, -0.2) is 9.97 Å². The molecule has 0 atom stereocenters. The van der Waals surface area contributed by atoms with E-state index in [0.29, 0.717) is 34.3 Å². The zero-order valence-corrected chi connectivity index (χ0v) is 20.0. The van der Waals surface area contributed by atoms with E-state index < -0.39 is 11.6 Å². The molecule has 34 heavy (non-hydrogen) atoms. The number of benzene rings is 2. The van der Waals surface area contributed by atoms with Crippen LogP contribution in [0.2, 0.25) is 0 Å². The van der Waals surface area contributed by atoms with E-state index in [0.717, 1.165) is 23.1 Å². The summed E-state index contributed by atoms with van der Waals surface area (Å²) in [4.78, 5) is 23.3. The first-order valence-electron chi connectivity index (χ1n) is 10.4. The van der Waals surface area contributed by atoms with Gasteiger partial charge in [0.25, 0.3) is 5.91 Å². The third-order valence-electron chi connectivity index (χ3n) is 4.85. The second kappa shape index (κ2) is 11.2. The average molecular weight is 481 g/mol. The molecule has 0 aliphatic heterocycles. The molecule has 0 radical (unpaired) electrons. The van der Waals surface area contributed by atoms with E-state index in [1.54, 1.807) is 18.3 Å². The number of ether oxygens (including phenoxy) is 1. The topological polar surface area (TPSA) is 115 Å². The van der Waals surface area contributed by atoms with Crippen LogP contribution in [0.1, 0.15) is 28.6 Å². The maximum Gasteiger partial charge on any atom is 0.335 e. The minimum atomic E-state index is -0.750. The van der Waals surface area contributed by atoms with Crippen molar-refractivity contribution in [1.82, 2.24) is 9.97 Å². The highest BCUT2D eigenvalue weighted by atomic mass is 32.1. The molecule has 0 fully saturated rings. The third kappa shape index (κ3) is 6.04. The molecule has 10 heteroatoms. The molecule has 176 valence electrons. The van der Waals surface area contributed by atoms with E-state index in [4.69, 9.17) is 17.6 Å². The molecule has 0 saturated heterocycles. The van der Waals surface area contributed by atoms with Crippen LogP contribution in [0.3, 0.4) is 0 Å². The molecule has 1 N–H and O–H groups in total. The fraction of sp³-hybridized carbons (Fsp3) is 0.208. The highest BCUT2D eigenvalue weighted by Gasteiger charge is 2.16. The van der Waals surface area contributed by atoms with Gasteiger partial charge < -0.3 is 19.4 Å². The summed E-state index contributed by atoms with van der Waals surface area (Å²) in [7, 11) is 3.75. The van der Waals surface area contributed by atoms with E-state index >= 15 is 0 Å². The summed E-state index contributed by atoms with van der Waals surface area (Å²) < 4.78 is 28.6. The van der Waals surface area contributed by atoms with Gasteiger partial charge in [0, 0.05) is 26.1 Å². The normalized spacial score (nSPS) is 10.2. The van der Waals surface area contributed by atoms with Crippen molar-refractivity contribution in [2.24, 2.45) is 0 Å². The number of furan rings is 1. The Hall–Kier alpha value is -4.05. The maximum absolute atomic E-state index is 12.9. The van der Waals surface area contributed by atoms with Crippen molar-refractivity contribution in [3.05, 3.63) is 71.7 Å². The molecule has 0 unspecified atom stereocenters. The van der Waals surface area contributed by atoms with E-state index in [2.05, 4.69) is 15.3 Å². The predicted molar refractivity (Wildman–Crippen MR) is 130 cm³/mol. The number of nitrogens with one attached hydrogen (secondary N) is 1. The Morgan fingerprint density at radius 2 is 1.79 bits per heavy atom. The van der Waals surface area contributed by atoms with Gasteiger partial charge in [0.05, 0.1) is 17.8 Å². The summed E-state index contributed by atoms with van der Waals surface area (Å²) in [5.41, 5.74) is 2.15. The van der Waals surface area contributed by atoms with Crippen LogP contribution in [0.15, 0.2) is 59.3 Å². The number of hydrogen-bond acceptors (Lipinski definition) is 8. The van der Waals surface area contributed by atoms with Crippen molar-refractivity contribution in [3.63, 3.8) is 0 Å². The van der Waals surface area contributed by atoms with Crippen LogP contribution in [0, 0.1) is 6.92 Å². The van der Waals surface area contributed by atoms with E-state index in [1.165, 1.54) is 6.20 Å². The number of rotatable bonds is 6. The minimum absolute atomic E-state index is 0.322. The molecule has 0 bridgehead atoms. The van der Waals surface area contributed by atoms with Crippen LogP contribution in [-0.4, -0.2) is 38.4 Å². The largest absolute Gasteiger partial charge is 0.461 e. The van der Waals surface area contributed by atoms with Gasteiger partial charge in [-0.15, -0.1) is 0 Å². The lowest BCUT2D eigenvalue weighted by atomic mass is 10.1. The van der Waals surface area contributed by atoms with Crippen molar-refractivity contribution in [2.45, 2.75) is 20.3 Å². The summed E-state index contributed by atoms with van der Waals surface area (Å²) in [5, 5.41) is 3.60. The molecule has 0 spiro atoms. The van der Waals surface area contributed by atoms with E-state index in [9.17, 15) is 4.79 Å². The van der Waals surface area contributed by atoms with Crippen LogP contribution in [0.4, 0.5) is 11.6 Å². The zero-order valence-electron chi connectivity index (χ0n) is 19.2. The molecule has 4 rings (SSSR count). The maximum atomic E-state index is 12.9. The Morgan fingerprint density at radius 3 is 2.38 bits per heavy atom. The number of carbonyl (C=O) groups excluding carboxylic acids is 1. The molecule has 2 heterocycles. The van der Waals surface area contributed by atoms with Crippen LogP contribution in [-0.2, 0) is 18.0 Å². The van der Waals surface area contributed by atoms with Crippen LogP contribution < -0.4 is 15.0 Å². The van der Waals surface area contributed by atoms with Gasteiger partial charge in [-0.2, -0.15) is 8.42 Å². The number of aromatic nitrogens is 2. The molecule has 2 aromatic heterocycles. The Labute approximate surface area is 200 Å². The van der Waals surface area contributed by atoms with Crippen molar-refractivity contribution in [3.8, 4) is 11.5 Å². The molecular formula is C24H24N4O5S. The molecular weight excluding hydrogens is 456 g/mol. The predicted octanol–water partition coefficient (Wildman–Crippen LogP) is 4.53. The average Bonchev–Trinajstić information content (AvgIpc) is 3.25. The second-order valence-corrected chi connectivity index (χ2v) is 7.68.